The minimum absolute atomic E-state index is 0.0818. The molecule has 10 heteroatoms. The number of carbonyl (C=O) groups is 1. The van der Waals surface area contributed by atoms with Crippen molar-refractivity contribution in [1.82, 2.24) is 14.8 Å². The van der Waals surface area contributed by atoms with Crippen LogP contribution in [-0.4, -0.2) is 40.6 Å². The van der Waals surface area contributed by atoms with Crippen molar-refractivity contribution in [3.05, 3.63) is 76.8 Å². The number of nitrogens with zero attached hydrogens (tertiary/aromatic N) is 3. The third-order valence-corrected chi connectivity index (χ3v) is 6.43. The fourth-order valence-corrected chi connectivity index (χ4v) is 4.42. The Hall–Kier alpha value is -3.20. The smallest absolute Gasteiger partial charge is 0.234 e. The van der Waals surface area contributed by atoms with Gasteiger partial charge in [-0.2, -0.15) is 0 Å². The predicted octanol–water partition coefficient (Wildman–Crippen LogP) is 5.99. The van der Waals surface area contributed by atoms with Crippen LogP contribution in [0.2, 0.25) is 10.0 Å². The van der Waals surface area contributed by atoms with Gasteiger partial charge in [-0.05, 0) is 60.7 Å². The van der Waals surface area contributed by atoms with E-state index in [4.69, 9.17) is 32.7 Å². The van der Waals surface area contributed by atoms with Gasteiger partial charge in [0.05, 0.1) is 35.7 Å². The summed E-state index contributed by atoms with van der Waals surface area (Å²) in [6, 6.07) is 20.1. The fourth-order valence-electron chi connectivity index (χ4n) is 3.18. The first-order chi connectivity index (χ1) is 16.5. The Morgan fingerprint density at radius 2 is 1.50 bits per heavy atom. The molecule has 0 aliphatic heterocycles. The van der Waals surface area contributed by atoms with Crippen molar-refractivity contribution >= 4 is 46.6 Å². The lowest BCUT2D eigenvalue weighted by Gasteiger charge is -2.12. The molecule has 174 valence electrons. The number of hydrogen-bond acceptors (Lipinski definition) is 6. The number of nitrogens with one attached hydrogen (secondary N) is 1. The molecule has 3 aromatic carbocycles. The van der Waals surface area contributed by atoms with Crippen LogP contribution in [0.4, 0.5) is 5.69 Å². The average molecular weight is 515 g/mol. The lowest BCUT2D eigenvalue weighted by molar-refractivity contribution is -0.113. The van der Waals surface area contributed by atoms with E-state index in [0.29, 0.717) is 26.7 Å². The number of carbonyl (C=O) groups excluding carboxylic acids is 1. The molecule has 0 saturated carbocycles. The second-order valence-electron chi connectivity index (χ2n) is 7.00. The molecule has 0 atom stereocenters. The van der Waals surface area contributed by atoms with Crippen LogP contribution in [0.15, 0.2) is 71.9 Å². The Morgan fingerprint density at radius 3 is 2.09 bits per heavy atom. The molecule has 0 spiro atoms. The maximum absolute atomic E-state index is 12.6. The van der Waals surface area contributed by atoms with Gasteiger partial charge in [0.1, 0.15) is 11.5 Å². The van der Waals surface area contributed by atoms with Gasteiger partial charge in [0.2, 0.25) is 5.91 Å². The summed E-state index contributed by atoms with van der Waals surface area (Å²) in [6.45, 7) is 0. The average Bonchev–Trinajstić information content (AvgIpc) is 3.29. The summed E-state index contributed by atoms with van der Waals surface area (Å²) < 4.78 is 12.4. The van der Waals surface area contributed by atoms with Crippen molar-refractivity contribution < 1.29 is 14.3 Å². The van der Waals surface area contributed by atoms with Crippen molar-refractivity contribution in [1.29, 1.82) is 0 Å². The zero-order valence-corrected chi connectivity index (χ0v) is 20.6. The van der Waals surface area contributed by atoms with Crippen molar-refractivity contribution in [2.75, 3.05) is 25.3 Å². The monoisotopic (exact) mass is 514 g/mol. The summed E-state index contributed by atoms with van der Waals surface area (Å²) in [5.41, 5.74) is 2.06. The highest BCUT2D eigenvalue weighted by Crippen LogP contribution is 2.32. The van der Waals surface area contributed by atoms with Gasteiger partial charge in [-0.3, -0.25) is 9.36 Å². The summed E-state index contributed by atoms with van der Waals surface area (Å²) in [7, 11) is 3.23. The number of benzene rings is 3. The van der Waals surface area contributed by atoms with Gasteiger partial charge in [-0.15, -0.1) is 10.2 Å². The van der Waals surface area contributed by atoms with E-state index in [1.54, 1.807) is 32.4 Å². The van der Waals surface area contributed by atoms with Gasteiger partial charge >= 0.3 is 0 Å². The van der Waals surface area contributed by atoms with Gasteiger partial charge in [-0.1, -0.05) is 41.0 Å². The molecule has 0 unspecified atom stereocenters. The number of amides is 1. The number of para-hydroxylation sites is 1. The maximum Gasteiger partial charge on any atom is 0.234 e. The van der Waals surface area contributed by atoms with E-state index in [1.165, 1.54) is 11.8 Å². The van der Waals surface area contributed by atoms with Crippen LogP contribution in [0.1, 0.15) is 0 Å². The van der Waals surface area contributed by atoms with E-state index in [-0.39, 0.29) is 11.7 Å². The van der Waals surface area contributed by atoms with E-state index in [9.17, 15) is 4.79 Å². The van der Waals surface area contributed by atoms with Gasteiger partial charge < -0.3 is 14.8 Å². The second-order valence-corrected chi connectivity index (χ2v) is 8.76. The maximum atomic E-state index is 12.6. The number of thioether (sulfide) groups is 1. The highest BCUT2D eigenvalue weighted by molar-refractivity contribution is 7.99. The van der Waals surface area contributed by atoms with Crippen LogP contribution < -0.4 is 14.8 Å². The first-order valence-corrected chi connectivity index (χ1v) is 11.8. The largest absolute Gasteiger partial charge is 0.497 e. The molecule has 0 radical (unpaired) electrons. The molecule has 0 aliphatic carbocycles. The van der Waals surface area contributed by atoms with E-state index < -0.39 is 0 Å². The second kappa shape index (κ2) is 10.8. The van der Waals surface area contributed by atoms with Gasteiger partial charge in [0.15, 0.2) is 11.0 Å². The Balaban J connectivity index is 1.62. The summed E-state index contributed by atoms with van der Waals surface area (Å²) in [5.74, 6) is 1.91. The van der Waals surface area contributed by atoms with Crippen LogP contribution >= 0.6 is 35.0 Å². The summed E-state index contributed by atoms with van der Waals surface area (Å²) in [4.78, 5) is 12.6. The highest BCUT2D eigenvalue weighted by atomic mass is 35.5. The topological polar surface area (TPSA) is 78.3 Å². The van der Waals surface area contributed by atoms with Gasteiger partial charge in [-0.25, -0.2) is 0 Å². The number of methoxy groups -OCH3 is 2. The highest BCUT2D eigenvalue weighted by Gasteiger charge is 2.18. The molecule has 4 aromatic rings. The molecular formula is C24H20Cl2N4O3S. The zero-order valence-electron chi connectivity index (χ0n) is 18.3. The lowest BCUT2D eigenvalue weighted by atomic mass is 10.2. The van der Waals surface area contributed by atoms with E-state index >= 15 is 0 Å². The Bertz CT molecular complexity index is 1270. The zero-order chi connectivity index (χ0) is 24.1. The molecule has 1 heterocycles. The normalized spacial score (nSPS) is 10.7. The van der Waals surface area contributed by atoms with Gasteiger partial charge in [0.25, 0.3) is 0 Å². The summed E-state index contributed by atoms with van der Waals surface area (Å²) in [5, 5.41) is 12.8. The molecule has 1 aromatic heterocycles. The Labute approximate surface area is 211 Å². The third kappa shape index (κ3) is 5.30. The quantitative estimate of drug-likeness (QED) is 0.291. The van der Waals surface area contributed by atoms with E-state index in [0.717, 1.165) is 22.7 Å². The molecular weight excluding hydrogens is 495 g/mol. The predicted molar refractivity (Wildman–Crippen MR) is 136 cm³/mol. The number of rotatable bonds is 8. The van der Waals surface area contributed by atoms with Crippen LogP contribution in [-0.2, 0) is 4.79 Å². The molecule has 0 bridgehead atoms. The van der Waals surface area contributed by atoms with Crippen molar-refractivity contribution in [3.8, 4) is 28.6 Å². The summed E-state index contributed by atoms with van der Waals surface area (Å²) >= 11 is 13.6. The van der Waals surface area contributed by atoms with E-state index in [2.05, 4.69) is 15.5 Å². The van der Waals surface area contributed by atoms with Crippen molar-refractivity contribution in [3.63, 3.8) is 0 Å². The van der Waals surface area contributed by atoms with Crippen LogP contribution in [0.5, 0.6) is 11.5 Å². The summed E-state index contributed by atoms with van der Waals surface area (Å²) in [6.07, 6.45) is 0. The van der Waals surface area contributed by atoms with E-state index in [1.807, 2.05) is 53.1 Å². The molecule has 1 amide bonds. The first-order valence-electron chi connectivity index (χ1n) is 10.1. The number of aromatic nitrogens is 3. The minimum atomic E-state index is -0.268. The number of halogens is 2. The number of anilines is 1. The van der Waals surface area contributed by atoms with Gasteiger partial charge in [0, 0.05) is 11.3 Å². The third-order valence-electron chi connectivity index (χ3n) is 4.87. The number of hydrogen-bond donors (Lipinski definition) is 1. The number of ether oxygens (including phenoxy) is 2. The van der Waals surface area contributed by atoms with Crippen molar-refractivity contribution in [2.45, 2.75) is 5.16 Å². The van der Waals surface area contributed by atoms with Crippen LogP contribution in [0, 0.1) is 0 Å². The molecule has 4 rings (SSSR count). The molecule has 0 fully saturated rings. The lowest BCUT2D eigenvalue weighted by Crippen LogP contribution is -2.15. The minimum Gasteiger partial charge on any atom is -0.497 e. The molecule has 1 N–H and O–H groups in total. The molecule has 7 nitrogen and oxygen atoms in total. The molecule has 0 saturated heterocycles. The Morgan fingerprint density at radius 1 is 0.912 bits per heavy atom. The van der Waals surface area contributed by atoms with Crippen molar-refractivity contribution in [2.24, 2.45) is 0 Å². The van der Waals surface area contributed by atoms with Crippen LogP contribution in [0.25, 0.3) is 17.1 Å². The molecule has 0 aliphatic rings. The standard InChI is InChI=1S/C24H20Cl2N4O3S/c1-32-17-10-6-15(7-11-17)23-28-29-24(30(23)16-8-12-18(33-2)13-9-16)34-14-21(31)27-22-19(25)4-3-5-20(22)26/h3-13H,14H2,1-2H3,(H,27,31). The first kappa shape index (κ1) is 23.9. The van der Waals surface area contributed by atoms with Crippen LogP contribution in [0.3, 0.4) is 0 Å². The SMILES string of the molecule is COc1ccc(-c2nnc(SCC(=O)Nc3c(Cl)cccc3Cl)n2-c2ccc(OC)cc2)cc1. The molecule has 34 heavy (non-hydrogen) atoms. The fraction of sp³-hybridized carbons (Fsp3) is 0.125. The Kier molecular flexibility index (Phi) is 7.62.